The average molecular weight is 247 g/mol. The van der Waals surface area contributed by atoms with Crippen LogP contribution in [0.2, 0.25) is 0 Å². The zero-order valence-electron chi connectivity index (χ0n) is 9.69. The molecule has 0 aliphatic rings. The van der Waals surface area contributed by atoms with Gasteiger partial charge >= 0.3 is 0 Å². The van der Waals surface area contributed by atoms with Crippen LogP contribution in [0.1, 0.15) is 11.4 Å². The minimum absolute atomic E-state index is 0.0900. The normalized spacial score (nSPS) is 10.5. The minimum Gasteiger partial charge on any atom is -0.388 e. The Morgan fingerprint density at radius 1 is 1.33 bits per heavy atom. The Labute approximate surface area is 104 Å². The van der Waals surface area contributed by atoms with E-state index in [4.69, 9.17) is 5.11 Å². The van der Waals surface area contributed by atoms with Gasteiger partial charge in [0.1, 0.15) is 12.4 Å². The molecule has 94 valence electrons. The maximum Gasteiger partial charge on any atom is 0.269 e. The first-order valence-corrected chi connectivity index (χ1v) is 5.55. The summed E-state index contributed by atoms with van der Waals surface area (Å²) in [6, 6.07) is 6.48. The van der Waals surface area contributed by atoms with Crippen molar-refractivity contribution in [2.45, 2.75) is 19.6 Å². The number of aliphatic hydroxyl groups is 1. The lowest BCUT2D eigenvalue weighted by Crippen LogP contribution is -2.05. The van der Waals surface area contributed by atoms with Crippen LogP contribution < -0.4 is 0 Å². The molecule has 1 N–H and O–H groups in total. The summed E-state index contributed by atoms with van der Waals surface area (Å²) < 4.78 is 1.86. The summed E-state index contributed by atoms with van der Waals surface area (Å²) in [5, 5.41) is 19.5. The fourth-order valence-electron chi connectivity index (χ4n) is 1.73. The van der Waals surface area contributed by atoms with E-state index in [0.29, 0.717) is 12.4 Å². The Morgan fingerprint density at radius 3 is 2.67 bits per heavy atom. The second-order valence-electron chi connectivity index (χ2n) is 3.87. The summed E-state index contributed by atoms with van der Waals surface area (Å²) in [7, 11) is 0. The van der Waals surface area contributed by atoms with Gasteiger partial charge in [-0.15, -0.1) is 0 Å². The SMILES string of the molecule is O=[N+]([O-])c1ccc(CCn2ccnc2CO)cc1. The number of aryl methyl sites for hydroxylation is 2. The summed E-state index contributed by atoms with van der Waals surface area (Å²) in [6.07, 6.45) is 4.18. The van der Waals surface area contributed by atoms with E-state index < -0.39 is 4.92 Å². The molecule has 0 amide bonds. The average Bonchev–Trinajstić information content (AvgIpc) is 2.84. The number of benzene rings is 1. The van der Waals surface area contributed by atoms with Crippen LogP contribution in [0, 0.1) is 10.1 Å². The highest BCUT2D eigenvalue weighted by Crippen LogP contribution is 2.13. The van der Waals surface area contributed by atoms with Crippen LogP contribution in [-0.4, -0.2) is 19.6 Å². The van der Waals surface area contributed by atoms with E-state index in [1.807, 2.05) is 4.57 Å². The first-order chi connectivity index (χ1) is 8.70. The van der Waals surface area contributed by atoms with Crippen molar-refractivity contribution in [2.24, 2.45) is 0 Å². The lowest BCUT2D eigenvalue weighted by Gasteiger charge is -2.05. The van der Waals surface area contributed by atoms with Gasteiger partial charge < -0.3 is 9.67 Å². The molecule has 2 aromatic rings. The number of hydrogen-bond donors (Lipinski definition) is 1. The molecule has 0 aliphatic heterocycles. The van der Waals surface area contributed by atoms with Crippen molar-refractivity contribution in [3.63, 3.8) is 0 Å². The fourth-order valence-corrected chi connectivity index (χ4v) is 1.73. The van der Waals surface area contributed by atoms with Gasteiger partial charge in [-0.1, -0.05) is 12.1 Å². The van der Waals surface area contributed by atoms with Crippen LogP contribution in [0.5, 0.6) is 0 Å². The summed E-state index contributed by atoms with van der Waals surface area (Å²) in [5.41, 5.74) is 1.11. The second kappa shape index (κ2) is 5.42. The van der Waals surface area contributed by atoms with Crippen molar-refractivity contribution in [1.29, 1.82) is 0 Å². The highest BCUT2D eigenvalue weighted by atomic mass is 16.6. The van der Waals surface area contributed by atoms with E-state index in [-0.39, 0.29) is 12.3 Å². The third-order valence-corrected chi connectivity index (χ3v) is 2.73. The molecule has 6 nitrogen and oxygen atoms in total. The lowest BCUT2D eigenvalue weighted by molar-refractivity contribution is -0.384. The molecule has 0 atom stereocenters. The number of aliphatic hydroxyl groups excluding tert-OH is 1. The van der Waals surface area contributed by atoms with Crippen molar-refractivity contribution in [2.75, 3.05) is 0 Å². The quantitative estimate of drug-likeness (QED) is 0.641. The maximum atomic E-state index is 10.5. The third-order valence-electron chi connectivity index (χ3n) is 2.73. The van der Waals surface area contributed by atoms with Crippen LogP contribution in [0.3, 0.4) is 0 Å². The van der Waals surface area contributed by atoms with Crippen molar-refractivity contribution in [3.05, 3.63) is 58.2 Å². The fraction of sp³-hybridized carbons (Fsp3) is 0.250. The Hall–Kier alpha value is -2.21. The first-order valence-electron chi connectivity index (χ1n) is 5.55. The van der Waals surface area contributed by atoms with Gasteiger partial charge in [0.2, 0.25) is 0 Å². The van der Waals surface area contributed by atoms with Gasteiger partial charge in [-0.05, 0) is 12.0 Å². The van der Waals surface area contributed by atoms with Crippen LogP contribution >= 0.6 is 0 Å². The highest BCUT2D eigenvalue weighted by molar-refractivity contribution is 5.32. The number of nitro groups is 1. The van der Waals surface area contributed by atoms with E-state index in [0.717, 1.165) is 12.0 Å². The molecule has 0 saturated carbocycles. The van der Waals surface area contributed by atoms with E-state index in [9.17, 15) is 10.1 Å². The standard InChI is InChI=1S/C12H13N3O3/c16-9-12-13-6-8-14(12)7-5-10-1-3-11(4-2-10)15(17)18/h1-4,6,8,16H,5,7,9H2. The maximum absolute atomic E-state index is 10.5. The van der Waals surface area contributed by atoms with Crippen LogP contribution in [0.15, 0.2) is 36.7 Å². The van der Waals surface area contributed by atoms with Crippen LogP contribution in [0.4, 0.5) is 5.69 Å². The zero-order chi connectivity index (χ0) is 13.0. The third kappa shape index (κ3) is 2.72. The number of nitro benzene ring substituents is 1. The number of non-ortho nitro benzene ring substituents is 1. The smallest absolute Gasteiger partial charge is 0.269 e. The van der Waals surface area contributed by atoms with Crippen LogP contribution in [0.25, 0.3) is 0 Å². The summed E-state index contributed by atoms with van der Waals surface area (Å²) in [6.45, 7) is 0.598. The van der Waals surface area contributed by atoms with Gasteiger partial charge in [0, 0.05) is 31.1 Å². The largest absolute Gasteiger partial charge is 0.388 e. The summed E-state index contributed by atoms with van der Waals surface area (Å²) in [5.74, 6) is 0.622. The van der Waals surface area contributed by atoms with Crippen molar-refractivity contribution >= 4 is 5.69 Å². The molecule has 0 saturated heterocycles. The molecular weight excluding hydrogens is 234 g/mol. The molecule has 2 rings (SSSR count). The van der Waals surface area contributed by atoms with Crippen molar-refractivity contribution in [1.82, 2.24) is 9.55 Å². The van der Waals surface area contributed by atoms with Gasteiger partial charge in [-0.3, -0.25) is 10.1 Å². The van der Waals surface area contributed by atoms with Crippen molar-refractivity contribution < 1.29 is 10.0 Å². The van der Waals surface area contributed by atoms with Crippen molar-refractivity contribution in [3.8, 4) is 0 Å². The number of hydrogen-bond acceptors (Lipinski definition) is 4. The van der Waals surface area contributed by atoms with Crippen LogP contribution in [-0.2, 0) is 19.6 Å². The topological polar surface area (TPSA) is 81.2 Å². The highest BCUT2D eigenvalue weighted by Gasteiger charge is 2.05. The summed E-state index contributed by atoms with van der Waals surface area (Å²) in [4.78, 5) is 14.1. The molecule has 1 heterocycles. The zero-order valence-corrected chi connectivity index (χ0v) is 9.69. The molecule has 0 unspecified atom stereocenters. The molecule has 0 radical (unpaired) electrons. The van der Waals surface area contributed by atoms with Gasteiger partial charge in [0.25, 0.3) is 5.69 Å². The minimum atomic E-state index is -0.413. The predicted molar refractivity (Wildman–Crippen MR) is 65.0 cm³/mol. The number of aromatic nitrogens is 2. The number of nitrogens with zero attached hydrogens (tertiary/aromatic N) is 3. The molecule has 0 spiro atoms. The molecular formula is C12H13N3O3. The van der Waals surface area contributed by atoms with Gasteiger partial charge in [0.05, 0.1) is 4.92 Å². The Bertz CT molecular complexity index is 534. The van der Waals surface area contributed by atoms with Gasteiger partial charge in [-0.25, -0.2) is 4.98 Å². The van der Waals surface area contributed by atoms with E-state index >= 15 is 0 Å². The molecule has 6 heteroatoms. The Morgan fingerprint density at radius 2 is 2.06 bits per heavy atom. The number of rotatable bonds is 5. The molecule has 1 aromatic heterocycles. The molecule has 0 bridgehead atoms. The Balaban J connectivity index is 2.00. The first kappa shape index (κ1) is 12.3. The van der Waals surface area contributed by atoms with Gasteiger partial charge in [-0.2, -0.15) is 0 Å². The van der Waals surface area contributed by atoms with Gasteiger partial charge in [0.15, 0.2) is 0 Å². The van der Waals surface area contributed by atoms with E-state index in [1.165, 1.54) is 12.1 Å². The van der Waals surface area contributed by atoms with E-state index in [1.54, 1.807) is 24.5 Å². The summed E-state index contributed by atoms with van der Waals surface area (Å²) >= 11 is 0. The Kier molecular flexibility index (Phi) is 3.69. The molecule has 1 aromatic carbocycles. The monoisotopic (exact) mass is 247 g/mol. The molecule has 18 heavy (non-hydrogen) atoms. The number of imidazole rings is 1. The lowest BCUT2D eigenvalue weighted by atomic mass is 10.1. The molecule has 0 fully saturated rings. The molecule has 0 aliphatic carbocycles. The second-order valence-corrected chi connectivity index (χ2v) is 3.87. The van der Waals surface area contributed by atoms with E-state index in [2.05, 4.69) is 4.98 Å². The predicted octanol–water partition coefficient (Wildman–Crippen LogP) is 1.53.